The van der Waals surface area contributed by atoms with Gasteiger partial charge in [-0.1, -0.05) is 6.92 Å². The van der Waals surface area contributed by atoms with Crippen molar-refractivity contribution in [2.75, 3.05) is 13.7 Å². The maximum atomic E-state index is 12.0. The molecular formula is C17H22N2O3S. The lowest BCUT2D eigenvalue weighted by Crippen LogP contribution is -2.30. The minimum absolute atomic E-state index is 0.0859. The monoisotopic (exact) mass is 334 g/mol. The summed E-state index contributed by atoms with van der Waals surface area (Å²) in [4.78, 5) is 16.4. The van der Waals surface area contributed by atoms with E-state index in [9.17, 15) is 4.79 Å². The number of carbonyl (C=O) groups is 1. The van der Waals surface area contributed by atoms with Crippen LogP contribution in [0.4, 0.5) is 0 Å². The van der Waals surface area contributed by atoms with E-state index in [0.29, 0.717) is 23.8 Å². The minimum atomic E-state index is -0.155. The molecule has 0 radical (unpaired) electrons. The predicted octanol–water partition coefficient (Wildman–Crippen LogP) is 3.75. The number of hydrogen-bond acceptors (Lipinski definition) is 5. The molecule has 1 N–H and O–H groups in total. The number of amides is 1. The molecule has 0 fully saturated rings. The molecule has 6 heteroatoms. The van der Waals surface area contributed by atoms with Crippen LogP contribution in [0.5, 0.6) is 11.5 Å². The second kappa shape index (κ2) is 7.97. The van der Waals surface area contributed by atoms with Crippen LogP contribution in [0.15, 0.2) is 23.6 Å². The summed E-state index contributed by atoms with van der Waals surface area (Å²) in [5.41, 5.74) is 1.34. The topological polar surface area (TPSA) is 60.5 Å². The molecule has 1 aromatic heterocycles. The highest BCUT2D eigenvalue weighted by Crippen LogP contribution is 2.33. The standard InChI is InChI=1S/C17H22N2O3S/c1-5-8-22-14-7-6-12(9-15(14)21-4)17-19-13(10-23-17)16(20)18-11(2)3/h6-7,9-11H,5,8H2,1-4H3,(H,18,20). The van der Waals surface area contributed by atoms with E-state index < -0.39 is 0 Å². The minimum Gasteiger partial charge on any atom is -0.493 e. The number of methoxy groups -OCH3 is 1. The van der Waals surface area contributed by atoms with Gasteiger partial charge < -0.3 is 14.8 Å². The number of hydrogen-bond donors (Lipinski definition) is 1. The SMILES string of the molecule is CCCOc1ccc(-c2nc(C(=O)NC(C)C)cs2)cc1OC. The number of rotatable bonds is 7. The van der Waals surface area contributed by atoms with Gasteiger partial charge in [0.1, 0.15) is 10.7 Å². The lowest BCUT2D eigenvalue weighted by molar-refractivity contribution is 0.0939. The number of aromatic nitrogens is 1. The van der Waals surface area contributed by atoms with Crippen LogP contribution in [-0.4, -0.2) is 30.6 Å². The summed E-state index contributed by atoms with van der Waals surface area (Å²) in [5.74, 6) is 1.23. The van der Waals surface area contributed by atoms with Crippen LogP contribution in [0.25, 0.3) is 10.6 Å². The van der Waals surface area contributed by atoms with Gasteiger partial charge in [0.2, 0.25) is 0 Å². The average molecular weight is 334 g/mol. The molecule has 0 aliphatic rings. The van der Waals surface area contributed by atoms with E-state index in [-0.39, 0.29) is 11.9 Å². The molecule has 0 atom stereocenters. The summed E-state index contributed by atoms with van der Waals surface area (Å²) in [6.07, 6.45) is 0.936. The third kappa shape index (κ3) is 4.45. The van der Waals surface area contributed by atoms with E-state index in [0.717, 1.165) is 17.0 Å². The van der Waals surface area contributed by atoms with Gasteiger partial charge in [-0.25, -0.2) is 4.98 Å². The number of ether oxygens (including phenoxy) is 2. The van der Waals surface area contributed by atoms with Gasteiger partial charge in [0, 0.05) is 17.0 Å². The first-order valence-electron chi connectivity index (χ1n) is 7.62. The fourth-order valence-electron chi connectivity index (χ4n) is 1.98. The van der Waals surface area contributed by atoms with Crippen LogP contribution in [0.2, 0.25) is 0 Å². The summed E-state index contributed by atoms with van der Waals surface area (Å²) < 4.78 is 11.0. The Kier molecular flexibility index (Phi) is 5.98. The Morgan fingerprint density at radius 2 is 2.13 bits per heavy atom. The summed E-state index contributed by atoms with van der Waals surface area (Å²) in [6, 6.07) is 5.77. The Hall–Kier alpha value is -2.08. The number of nitrogens with one attached hydrogen (secondary N) is 1. The van der Waals surface area contributed by atoms with Gasteiger partial charge in [-0.15, -0.1) is 11.3 Å². The highest BCUT2D eigenvalue weighted by Gasteiger charge is 2.14. The molecule has 2 aromatic rings. The Bertz CT molecular complexity index is 668. The lowest BCUT2D eigenvalue weighted by Gasteiger charge is -2.10. The smallest absolute Gasteiger partial charge is 0.270 e. The van der Waals surface area contributed by atoms with Crippen molar-refractivity contribution in [1.29, 1.82) is 0 Å². The van der Waals surface area contributed by atoms with Gasteiger partial charge in [0.05, 0.1) is 13.7 Å². The molecule has 1 heterocycles. The highest BCUT2D eigenvalue weighted by atomic mass is 32.1. The quantitative estimate of drug-likeness (QED) is 0.838. The molecule has 0 saturated heterocycles. The molecule has 124 valence electrons. The van der Waals surface area contributed by atoms with Crippen molar-refractivity contribution in [2.45, 2.75) is 33.2 Å². The molecule has 0 spiro atoms. The summed E-state index contributed by atoms with van der Waals surface area (Å²) in [6.45, 7) is 6.54. The van der Waals surface area contributed by atoms with E-state index in [1.807, 2.05) is 32.0 Å². The Morgan fingerprint density at radius 3 is 2.78 bits per heavy atom. The van der Waals surface area contributed by atoms with Crippen molar-refractivity contribution in [1.82, 2.24) is 10.3 Å². The average Bonchev–Trinajstić information content (AvgIpc) is 3.02. The summed E-state index contributed by atoms with van der Waals surface area (Å²) in [5, 5.41) is 5.38. The molecule has 0 aliphatic carbocycles. The summed E-state index contributed by atoms with van der Waals surface area (Å²) in [7, 11) is 1.61. The van der Waals surface area contributed by atoms with Crippen LogP contribution in [0.1, 0.15) is 37.7 Å². The molecule has 1 amide bonds. The van der Waals surface area contributed by atoms with Crippen molar-refractivity contribution in [2.24, 2.45) is 0 Å². The fraction of sp³-hybridized carbons (Fsp3) is 0.412. The third-order valence-electron chi connectivity index (χ3n) is 3.03. The van der Waals surface area contributed by atoms with E-state index in [4.69, 9.17) is 9.47 Å². The van der Waals surface area contributed by atoms with Gasteiger partial charge in [-0.05, 0) is 38.5 Å². The predicted molar refractivity (Wildman–Crippen MR) is 92.5 cm³/mol. The molecule has 0 saturated carbocycles. The van der Waals surface area contributed by atoms with Gasteiger partial charge in [0.25, 0.3) is 5.91 Å². The van der Waals surface area contributed by atoms with Crippen LogP contribution in [-0.2, 0) is 0 Å². The van der Waals surface area contributed by atoms with Crippen LogP contribution in [0, 0.1) is 0 Å². The third-order valence-corrected chi connectivity index (χ3v) is 3.92. The first-order valence-corrected chi connectivity index (χ1v) is 8.50. The van der Waals surface area contributed by atoms with E-state index in [2.05, 4.69) is 17.2 Å². The molecule has 0 aliphatic heterocycles. The Morgan fingerprint density at radius 1 is 1.35 bits per heavy atom. The molecule has 0 bridgehead atoms. The van der Waals surface area contributed by atoms with E-state index in [1.165, 1.54) is 11.3 Å². The Labute approximate surface area is 140 Å². The molecule has 1 aromatic carbocycles. The second-order valence-electron chi connectivity index (χ2n) is 5.38. The zero-order valence-corrected chi connectivity index (χ0v) is 14.7. The normalized spacial score (nSPS) is 10.7. The fourth-order valence-corrected chi connectivity index (χ4v) is 2.78. The van der Waals surface area contributed by atoms with Crippen molar-refractivity contribution < 1.29 is 14.3 Å². The number of nitrogens with zero attached hydrogens (tertiary/aromatic N) is 1. The van der Waals surface area contributed by atoms with Crippen molar-refractivity contribution in [3.8, 4) is 22.1 Å². The zero-order valence-electron chi connectivity index (χ0n) is 13.9. The van der Waals surface area contributed by atoms with Gasteiger partial charge >= 0.3 is 0 Å². The number of thiazole rings is 1. The molecule has 2 rings (SSSR count). The van der Waals surface area contributed by atoms with Crippen LogP contribution >= 0.6 is 11.3 Å². The van der Waals surface area contributed by atoms with Crippen molar-refractivity contribution in [3.05, 3.63) is 29.3 Å². The number of benzene rings is 1. The van der Waals surface area contributed by atoms with Gasteiger partial charge in [0.15, 0.2) is 11.5 Å². The van der Waals surface area contributed by atoms with Crippen molar-refractivity contribution in [3.63, 3.8) is 0 Å². The molecule has 5 nitrogen and oxygen atoms in total. The maximum Gasteiger partial charge on any atom is 0.270 e. The maximum absolute atomic E-state index is 12.0. The zero-order chi connectivity index (χ0) is 16.8. The van der Waals surface area contributed by atoms with Crippen LogP contribution in [0.3, 0.4) is 0 Å². The first-order chi connectivity index (χ1) is 11.0. The van der Waals surface area contributed by atoms with Gasteiger partial charge in [-0.2, -0.15) is 0 Å². The van der Waals surface area contributed by atoms with Gasteiger partial charge in [-0.3, -0.25) is 4.79 Å². The summed E-state index contributed by atoms with van der Waals surface area (Å²) >= 11 is 1.43. The van der Waals surface area contributed by atoms with E-state index >= 15 is 0 Å². The molecular weight excluding hydrogens is 312 g/mol. The lowest BCUT2D eigenvalue weighted by atomic mass is 10.2. The number of carbonyl (C=O) groups excluding carboxylic acids is 1. The van der Waals surface area contributed by atoms with Crippen molar-refractivity contribution >= 4 is 17.2 Å². The van der Waals surface area contributed by atoms with Crippen LogP contribution < -0.4 is 14.8 Å². The van der Waals surface area contributed by atoms with E-state index in [1.54, 1.807) is 12.5 Å². The first kappa shape index (κ1) is 17.3. The Balaban J connectivity index is 2.22. The molecule has 23 heavy (non-hydrogen) atoms. The largest absolute Gasteiger partial charge is 0.493 e. The highest BCUT2D eigenvalue weighted by molar-refractivity contribution is 7.13. The second-order valence-corrected chi connectivity index (χ2v) is 6.24. The molecule has 0 unspecified atom stereocenters.